The van der Waals surface area contributed by atoms with E-state index >= 15 is 0 Å². The fourth-order valence-corrected chi connectivity index (χ4v) is 3.52. The Kier molecular flexibility index (Phi) is 4.36. The van der Waals surface area contributed by atoms with E-state index in [1.807, 2.05) is 24.0 Å². The summed E-state index contributed by atoms with van der Waals surface area (Å²) in [6.45, 7) is 7.43. The Morgan fingerprint density at radius 1 is 1.36 bits per heavy atom. The maximum atomic E-state index is 12.7. The molecule has 22 heavy (non-hydrogen) atoms. The van der Waals surface area contributed by atoms with E-state index in [4.69, 9.17) is 9.47 Å². The van der Waals surface area contributed by atoms with Gasteiger partial charge in [-0.3, -0.25) is 4.79 Å². The minimum absolute atomic E-state index is 0.114. The van der Waals surface area contributed by atoms with Gasteiger partial charge in [0.25, 0.3) is 5.91 Å². The van der Waals surface area contributed by atoms with E-state index in [2.05, 4.69) is 6.58 Å². The summed E-state index contributed by atoms with van der Waals surface area (Å²) in [6.07, 6.45) is 5.28. The van der Waals surface area contributed by atoms with Crippen LogP contribution in [0.4, 0.5) is 0 Å². The van der Waals surface area contributed by atoms with Crippen molar-refractivity contribution < 1.29 is 14.3 Å². The van der Waals surface area contributed by atoms with Crippen LogP contribution < -0.4 is 9.47 Å². The fourth-order valence-electron chi connectivity index (χ4n) is 3.52. The van der Waals surface area contributed by atoms with E-state index in [-0.39, 0.29) is 5.91 Å². The van der Waals surface area contributed by atoms with Crippen LogP contribution in [0, 0.1) is 5.92 Å². The SMILES string of the molecule is C=CCOc1ccc(C(=O)N2C[C@@H]3CC[C@@H]2C3)cc1OCC. The standard InChI is InChI=1S/C18H23NO3/c1-3-9-22-16-8-6-14(11-17(16)21-4-2)18(20)19-12-13-5-7-15(19)10-13/h3,6,8,11,13,15H,1,4-5,7,9-10,12H2,2H3/t13-,15-/m1/s1. The number of likely N-dealkylation sites (tertiary alicyclic amines) is 1. The number of carbonyl (C=O) groups excluding carboxylic acids is 1. The monoisotopic (exact) mass is 301 g/mol. The molecule has 0 radical (unpaired) electrons. The normalized spacial score (nSPS) is 22.7. The highest BCUT2D eigenvalue weighted by Crippen LogP contribution is 2.38. The summed E-state index contributed by atoms with van der Waals surface area (Å²) in [7, 11) is 0. The average Bonchev–Trinajstić information content (AvgIpc) is 3.16. The number of fused-ring (bicyclic) bond motifs is 2. The molecule has 0 aromatic heterocycles. The van der Waals surface area contributed by atoms with Crippen LogP contribution in [0.15, 0.2) is 30.9 Å². The van der Waals surface area contributed by atoms with Crippen LogP contribution in [0.5, 0.6) is 11.5 Å². The van der Waals surface area contributed by atoms with Crippen LogP contribution >= 0.6 is 0 Å². The molecular formula is C18H23NO3. The molecule has 1 saturated heterocycles. The molecule has 1 amide bonds. The molecule has 0 N–H and O–H groups in total. The minimum atomic E-state index is 0.114. The second-order valence-electron chi connectivity index (χ2n) is 5.98. The van der Waals surface area contributed by atoms with E-state index in [0.717, 1.165) is 13.0 Å². The van der Waals surface area contributed by atoms with Crippen molar-refractivity contribution in [2.75, 3.05) is 19.8 Å². The van der Waals surface area contributed by atoms with Gasteiger partial charge in [0.2, 0.25) is 0 Å². The molecule has 2 fully saturated rings. The largest absolute Gasteiger partial charge is 0.490 e. The first-order valence-electron chi connectivity index (χ1n) is 8.04. The quantitative estimate of drug-likeness (QED) is 0.757. The van der Waals surface area contributed by atoms with E-state index < -0.39 is 0 Å². The molecule has 4 nitrogen and oxygen atoms in total. The Hall–Kier alpha value is -1.97. The fraction of sp³-hybridized carbons (Fsp3) is 0.500. The van der Waals surface area contributed by atoms with Crippen molar-refractivity contribution in [3.63, 3.8) is 0 Å². The van der Waals surface area contributed by atoms with Gasteiger partial charge in [0.15, 0.2) is 11.5 Å². The predicted molar refractivity (Wildman–Crippen MR) is 85.5 cm³/mol. The molecule has 2 bridgehead atoms. The van der Waals surface area contributed by atoms with Gasteiger partial charge in [0.05, 0.1) is 6.61 Å². The average molecular weight is 301 g/mol. The van der Waals surface area contributed by atoms with Crippen LogP contribution in [0.3, 0.4) is 0 Å². The number of hydrogen-bond acceptors (Lipinski definition) is 3. The number of carbonyl (C=O) groups is 1. The van der Waals surface area contributed by atoms with Crippen molar-refractivity contribution in [3.8, 4) is 11.5 Å². The summed E-state index contributed by atoms with van der Waals surface area (Å²) in [5, 5.41) is 0. The molecule has 3 rings (SSSR count). The smallest absolute Gasteiger partial charge is 0.254 e. The molecule has 1 aliphatic heterocycles. The summed E-state index contributed by atoms with van der Waals surface area (Å²) >= 11 is 0. The van der Waals surface area contributed by atoms with E-state index in [9.17, 15) is 4.79 Å². The van der Waals surface area contributed by atoms with Crippen molar-refractivity contribution >= 4 is 5.91 Å². The lowest BCUT2D eigenvalue weighted by Gasteiger charge is -2.27. The Morgan fingerprint density at radius 3 is 2.86 bits per heavy atom. The van der Waals surface area contributed by atoms with Gasteiger partial charge >= 0.3 is 0 Å². The van der Waals surface area contributed by atoms with Crippen LogP contribution in [0.25, 0.3) is 0 Å². The molecule has 1 heterocycles. The molecule has 118 valence electrons. The van der Waals surface area contributed by atoms with Crippen molar-refractivity contribution in [2.45, 2.75) is 32.2 Å². The van der Waals surface area contributed by atoms with Gasteiger partial charge in [0, 0.05) is 18.2 Å². The highest BCUT2D eigenvalue weighted by molar-refractivity contribution is 5.95. The van der Waals surface area contributed by atoms with Crippen molar-refractivity contribution in [1.82, 2.24) is 4.90 Å². The summed E-state index contributed by atoms with van der Waals surface area (Å²) in [4.78, 5) is 14.8. The first kappa shape index (κ1) is 14.9. The van der Waals surface area contributed by atoms with Crippen molar-refractivity contribution in [2.24, 2.45) is 5.92 Å². The molecule has 4 heteroatoms. The Labute approximate surface area is 131 Å². The Balaban J connectivity index is 1.79. The maximum absolute atomic E-state index is 12.7. The number of benzene rings is 1. The van der Waals surface area contributed by atoms with Gasteiger partial charge in [-0.25, -0.2) is 0 Å². The van der Waals surface area contributed by atoms with Crippen LogP contribution in [0.2, 0.25) is 0 Å². The van der Waals surface area contributed by atoms with Crippen LogP contribution in [-0.2, 0) is 0 Å². The lowest BCUT2D eigenvalue weighted by atomic mass is 10.1. The molecule has 0 spiro atoms. The topological polar surface area (TPSA) is 38.8 Å². The zero-order valence-electron chi connectivity index (χ0n) is 13.1. The summed E-state index contributed by atoms with van der Waals surface area (Å²) in [5.74, 6) is 2.10. The first-order valence-corrected chi connectivity index (χ1v) is 8.04. The molecule has 1 aliphatic carbocycles. The molecule has 2 atom stereocenters. The van der Waals surface area contributed by atoms with Crippen LogP contribution in [0.1, 0.15) is 36.5 Å². The van der Waals surface area contributed by atoms with Crippen molar-refractivity contribution in [1.29, 1.82) is 0 Å². The second-order valence-corrected chi connectivity index (χ2v) is 5.98. The maximum Gasteiger partial charge on any atom is 0.254 e. The first-order chi connectivity index (χ1) is 10.7. The number of amides is 1. The van der Waals surface area contributed by atoms with Gasteiger partial charge in [-0.05, 0) is 50.3 Å². The highest BCUT2D eigenvalue weighted by Gasteiger charge is 2.40. The summed E-state index contributed by atoms with van der Waals surface area (Å²) < 4.78 is 11.2. The lowest BCUT2D eigenvalue weighted by molar-refractivity contribution is 0.0703. The molecule has 2 aliphatic rings. The molecule has 1 aromatic rings. The van der Waals surface area contributed by atoms with E-state index in [1.54, 1.807) is 12.1 Å². The zero-order valence-corrected chi connectivity index (χ0v) is 13.1. The lowest BCUT2D eigenvalue weighted by Crippen LogP contribution is -2.37. The Morgan fingerprint density at radius 2 is 2.23 bits per heavy atom. The third-order valence-corrected chi connectivity index (χ3v) is 4.52. The third kappa shape index (κ3) is 2.82. The predicted octanol–water partition coefficient (Wildman–Crippen LogP) is 3.27. The van der Waals surface area contributed by atoms with E-state index in [0.29, 0.717) is 42.2 Å². The number of hydrogen-bond donors (Lipinski definition) is 0. The van der Waals surface area contributed by atoms with Gasteiger partial charge < -0.3 is 14.4 Å². The van der Waals surface area contributed by atoms with Crippen LogP contribution in [-0.4, -0.2) is 36.6 Å². The summed E-state index contributed by atoms with van der Waals surface area (Å²) in [6, 6.07) is 5.88. The van der Waals surface area contributed by atoms with Gasteiger partial charge in [-0.2, -0.15) is 0 Å². The molecule has 1 saturated carbocycles. The zero-order chi connectivity index (χ0) is 15.5. The Bertz CT molecular complexity index is 569. The highest BCUT2D eigenvalue weighted by atomic mass is 16.5. The number of ether oxygens (including phenoxy) is 2. The minimum Gasteiger partial charge on any atom is -0.490 e. The second kappa shape index (κ2) is 6.42. The van der Waals surface area contributed by atoms with E-state index in [1.165, 1.54) is 12.8 Å². The van der Waals surface area contributed by atoms with Crippen molar-refractivity contribution in [3.05, 3.63) is 36.4 Å². The third-order valence-electron chi connectivity index (χ3n) is 4.52. The summed E-state index contributed by atoms with van der Waals surface area (Å²) in [5.41, 5.74) is 0.682. The van der Waals surface area contributed by atoms with Gasteiger partial charge in [-0.15, -0.1) is 0 Å². The molecule has 0 unspecified atom stereocenters. The number of rotatable bonds is 6. The van der Waals surface area contributed by atoms with Gasteiger partial charge in [0.1, 0.15) is 6.61 Å². The number of nitrogens with zero attached hydrogens (tertiary/aromatic N) is 1. The molecule has 1 aromatic carbocycles. The number of piperidine rings is 1. The van der Waals surface area contributed by atoms with Gasteiger partial charge in [-0.1, -0.05) is 12.7 Å². The molecular weight excluding hydrogens is 278 g/mol.